The van der Waals surface area contributed by atoms with Gasteiger partial charge in [-0.15, -0.1) is 0 Å². The average molecular weight is 278 g/mol. The highest BCUT2D eigenvalue weighted by Gasteiger charge is 2.18. The van der Waals surface area contributed by atoms with Crippen molar-refractivity contribution >= 4 is 6.03 Å². The Kier molecular flexibility index (Phi) is 6.36. The molecule has 0 heterocycles. The van der Waals surface area contributed by atoms with Crippen LogP contribution in [-0.2, 0) is 5.41 Å². The summed E-state index contributed by atoms with van der Waals surface area (Å²) in [6, 6.07) is 7.89. The molecule has 0 spiro atoms. The monoisotopic (exact) mass is 278 g/mol. The Bertz CT molecular complexity index is 425. The van der Waals surface area contributed by atoms with E-state index in [-0.39, 0.29) is 11.4 Å². The van der Waals surface area contributed by atoms with E-state index in [1.54, 1.807) is 0 Å². The minimum atomic E-state index is -0.139. The SMILES string of the molecule is CCCNC(=O)NCCOc1ccccc1C(C)(C)C. The maximum atomic E-state index is 11.4. The van der Waals surface area contributed by atoms with Crippen LogP contribution < -0.4 is 15.4 Å². The molecular formula is C16H26N2O2. The molecule has 0 saturated heterocycles. The minimum absolute atomic E-state index is 0.0442. The van der Waals surface area contributed by atoms with Gasteiger partial charge in [0.05, 0.1) is 6.54 Å². The molecule has 2 amide bonds. The van der Waals surface area contributed by atoms with Crippen LogP contribution in [0, 0.1) is 0 Å². The molecule has 1 rings (SSSR count). The summed E-state index contributed by atoms with van der Waals surface area (Å²) in [5, 5.41) is 5.53. The van der Waals surface area contributed by atoms with Crippen LogP contribution in [0.25, 0.3) is 0 Å². The minimum Gasteiger partial charge on any atom is -0.491 e. The fourth-order valence-corrected chi connectivity index (χ4v) is 1.84. The topological polar surface area (TPSA) is 50.4 Å². The standard InChI is InChI=1S/C16H26N2O2/c1-5-10-17-15(19)18-11-12-20-14-9-7-6-8-13(14)16(2,3)4/h6-9H,5,10-12H2,1-4H3,(H2,17,18,19). The maximum absolute atomic E-state index is 11.4. The summed E-state index contributed by atoms with van der Waals surface area (Å²) < 4.78 is 5.78. The van der Waals surface area contributed by atoms with E-state index in [1.165, 1.54) is 5.56 Å². The molecule has 4 nitrogen and oxygen atoms in total. The number of rotatable bonds is 6. The molecule has 2 N–H and O–H groups in total. The normalized spacial score (nSPS) is 11.0. The zero-order chi connectivity index (χ0) is 15.0. The highest BCUT2D eigenvalue weighted by Crippen LogP contribution is 2.30. The van der Waals surface area contributed by atoms with Crippen LogP contribution in [0.4, 0.5) is 4.79 Å². The second kappa shape index (κ2) is 7.78. The van der Waals surface area contributed by atoms with Crippen molar-refractivity contribution in [3.63, 3.8) is 0 Å². The molecule has 0 atom stereocenters. The van der Waals surface area contributed by atoms with Gasteiger partial charge in [-0.1, -0.05) is 45.9 Å². The van der Waals surface area contributed by atoms with Crippen molar-refractivity contribution in [3.05, 3.63) is 29.8 Å². The maximum Gasteiger partial charge on any atom is 0.314 e. The Morgan fingerprint density at radius 1 is 1.15 bits per heavy atom. The fraction of sp³-hybridized carbons (Fsp3) is 0.562. The van der Waals surface area contributed by atoms with E-state index in [9.17, 15) is 4.79 Å². The fourth-order valence-electron chi connectivity index (χ4n) is 1.84. The smallest absolute Gasteiger partial charge is 0.314 e. The number of ether oxygens (including phenoxy) is 1. The Balaban J connectivity index is 2.41. The molecule has 0 aliphatic carbocycles. The van der Waals surface area contributed by atoms with Crippen LogP contribution in [-0.4, -0.2) is 25.7 Å². The van der Waals surface area contributed by atoms with Gasteiger partial charge < -0.3 is 15.4 Å². The molecule has 0 bridgehead atoms. The van der Waals surface area contributed by atoms with E-state index in [2.05, 4.69) is 37.5 Å². The summed E-state index contributed by atoms with van der Waals surface area (Å²) in [6.45, 7) is 10.1. The zero-order valence-electron chi connectivity index (χ0n) is 13.0. The third-order valence-corrected chi connectivity index (χ3v) is 2.88. The van der Waals surface area contributed by atoms with Crippen molar-refractivity contribution < 1.29 is 9.53 Å². The Morgan fingerprint density at radius 3 is 2.45 bits per heavy atom. The first kappa shape index (κ1) is 16.3. The summed E-state index contributed by atoms with van der Waals surface area (Å²) in [5.74, 6) is 0.885. The molecular weight excluding hydrogens is 252 g/mol. The van der Waals surface area contributed by atoms with Crippen LogP contribution >= 0.6 is 0 Å². The van der Waals surface area contributed by atoms with E-state index < -0.39 is 0 Å². The summed E-state index contributed by atoms with van der Waals surface area (Å²) in [7, 11) is 0. The van der Waals surface area contributed by atoms with Gasteiger partial charge in [-0.05, 0) is 23.5 Å². The molecule has 20 heavy (non-hydrogen) atoms. The number of nitrogens with one attached hydrogen (secondary N) is 2. The van der Waals surface area contributed by atoms with E-state index in [1.807, 2.05) is 25.1 Å². The molecule has 1 aromatic carbocycles. The van der Waals surface area contributed by atoms with Crippen molar-refractivity contribution in [2.75, 3.05) is 19.7 Å². The lowest BCUT2D eigenvalue weighted by Gasteiger charge is -2.22. The average Bonchev–Trinajstić information content (AvgIpc) is 2.40. The lowest BCUT2D eigenvalue weighted by molar-refractivity contribution is 0.236. The number of para-hydroxylation sites is 1. The number of carbonyl (C=O) groups excluding carboxylic acids is 1. The molecule has 0 radical (unpaired) electrons. The molecule has 0 saturated carbocycles. The number of carbonyl (C=O) groups is 1. The lowest BCUT2D eigenvalue weighted by atomic mass is 9.86. The third-order valence-electron chi connectivity index (χ3n) is 2.88. The van der Waals surface area contributed by atoms with Gasteiger partial charge in [-0.25, -0.2) is 4.79 Å². The molecule has 1 aromatic rings. The largest absolute Gasteiger partial charge is 0.491 e. The number of benzene rings is 1. The van der Waals surface area contributed by atoms with Crippen molar-refractivity contribution in [2.45, 2.75) is 39.5 Å². The van der Waals surface area contributed by atoms with Crippen LogP contribution in [0.3, 0.4) is 0 Å². The summed E-state index contributed by atoms with van der Waals surface area (Å²) >= 11 is 0. The summed E-state index contributed by atoms with van der Waals surface area (Å²) in [4.78, 5) is 11.4. The molecule has 0 aliphatic heterocycles. The molecule has 112 valence electrons. The van der Waals surface area contributed by atoms with Gasteiger partial charge in [-0.3, -0.25) is 0 Å². The van der Waals surface area contributed by atoms with Gasteiger partial charge in [0, 0.05) is 6.54 Å². The second-order valence-electron chi connectivity index (χ2n) is 5.78. The number of hydrogen-bond donors (Lipinski definition) is 2. The lowest BCUT2D eigenvalue weighted by Crippen LogP contribution is -2.38. The van der Waals surface area contributed by atoms with E-state index >= 15 is 0 Å². The Labute approximate surface area is 121 Å². The van der Waals surface area contributed by atoms with Crippen molar-refractivity contribution in [3.8, 4) is 5.75 Å². The molecule has 0 fully saturated rings. The van der Waals surface area contributed by atoms with E-state index in [4.69, 9.17) is 4.74 Å². The highest BCUT2D eigenvalue weighted by atomic mass is 16.5. The van der Waals surface area contributed by atoms with Gasteiger partial charge in [0.2, 0.25) is 0 Å². The van der Waals surface area contributed by atoms with Crippen LogP contribution in [0.1, 0.15) is 39.7 Å². The molecule has 0 aliphatic rings. The molecule has 4 heteroatoms. The quantitative estimate of drug-likeness (QED) is 0.786. The number of amides is 2. The second-order valence-corrected chi connectivity index (χ2v) is 5.78. The third kappa shape index (κ3) is 5.51. The highest BCUT2D eigenvalue weighted by molar-refractivity contribution is 5.73. The van der Waals surface area contributed by atoms with Crippen LogP contribution in [0.2, 0.25) is 0 Å². The van der Waals surface area contributed by atoms with E-state index in [0.29, 0.717) is 19.7 Å². The summed E-state index contributed by atoms with van der Waals surface area (Å²) in [6.07, 6.45) is 0.933. The first-order valence-corrected chi connectivity index (χ1v) is 7.19. The van der Waals surface area contributed by atoms with Crippen LogP contribution in [0.5, 0.6) is 5.75 Å². The number of urea groups is 1. The number of hydrogen-bond acceptors (Lipinski definition) is 2. The molecule has 0 unspecified atom stereocenters. The predicted octanol–water partition coefficient (Wildman–Crippen LogP) is 3.07. The van der Waals surface area contributed by atoms with Gasteiger partial charge in [0.25, 0.3) is 0 Å². The van der Waals surface area contributed by atoms with E-state index in [0.717, 1.165) is 12.2 Å². The van der Waals surface area contributed by atoms with Crippen molar-refractivity contribution in [1.29, 1.82) is 0 Å². The summed E-state index contributed by atoms with van der Waals surface area (Å²) in [5.41, 5.74) is 1.22. The van der Waals surface area contributed by atoms with Gasteiger partial charge in [0.1, 0.15) is 12.4 Å². The zero-order valence-corrected chi connectivity index (χ0v) is 13.0. The first-order valence-electron chi connectivity index (χ1n) is 7.19. The van der Waals surface area contributed by atoms with Gasteiger partial charge in [0.15, 0.2) is 0 Å². The molecule has 0 aromatic heterocycles. The predicted molar refractivity (Wildman–Crippen MR) is 82.3 cm³/mol. The van der Waals surface area contributed by atoms with Gasteiger partial charge >= 0.3 is 6.03 Å². The Morgan fingerprint density at radius 2 is 1.80 bits per heavy atom. The van der Waals surface area contributed by atoms with Crippen LogP contribution in [0.15, 0.2) is 24.3 Å². The van der Waals surface area contributed by atoms with Crippen molar-refractivity contribution in [1.82, 2.24) is 10.6 Å². The van der Waals surface area contributed by atoms with Crippen molar-refractivity contribution in [2.24, 2.45) is 0 Å². The van der Waals surface area contributed by atoms with Gasteiger partial charge in [-0.2, -0.15) is 0 Å². The Hall–Kier alpha value is -1.71. The first-order chi connectivity index (χ1) is 9.45.